The van der Waals surface area contributed by atoms with Crippen LogP contribution in [-0.4, -0.2) is 12.9 Å². The molecular formula is C15H20F3NO. The van der Waals surface area contributed by atoms with Gasteiger partial charge in [0.25, 0.3) is 0 Å². The highest BCUT2D eigenvalue weighted by atomic mass is 19.4. The highest BCUT2D eigenvalue weighted by molar-refractivity contribution is 5.32. The molecule has 0 heterocycles. The van der Waals surface area contributed by atoms with Crippen LogP contribution in [0.15, 0.2) is 24.3 Å². The summed E-state index contributed by atoms with van der Waals surface area (Å²) in [7, 11) is 0. The maximum absolute atomic E-state index is 12.2. The number of hydrogen-bond acceptors (Lipinski definition) is 2. The third-order valence-corrected chi connectivity index (χ3v) is 3.86. The van der Waals surface area contributed by atoms with Crippen LogP contribution in [0, 0.1) is 0 Å². The molecule has 1 aromatic rings. The highest BCUT2D eigenvalue weighted by Gasteiger charge is 2.34. The van der Waals surface area contributed by atoms with E-state index in [1.807, 2.05) is 0 Å². The van der Waals surface area contributed by atoms with Gasteiger partial charge in [-0.2, -0.15) is 0 Å². The van der Waals surface area contributed by atoms with Crippen molar-refractivity contribution in [2.75, 3.05) is 6.54 Å². The van der Waals surface area contributed by atoms with Crippen molar-refractivity contribution in [3.63, 3.8) is 0 Å². The number of ether oxygens (including phenoxy) is 1. The first kappa shape index (κ1) is 15.2. The number of rotatable bonds is 4. The van der Waals surface area contributed by atoms with Crippen molar-refractivity contribution < 1.29 is 17.9 Å². The van der Waals surface area contributed by atoms with Crippen molar-refractivity contribution in [1.29, 1.82) is 0 Å². The van der Waals surface area contributed by atoms with Gasteiger partial charge in [0.2, 0.25) is 0 Å². The topological polar surface area (TPSA) is 21.3 Å². The van der Waals surface area contributed by atoms with E-state index < -0.39 is 6.36 Å². The second-order valence-corrected chi connectivity index (χ2v) is 5.25. The number of halogens is 3. The van der Waals surface area contributed by atoms with E-state index in [0.717, 1.165) is 37.8 Å². The van der Waals surface area contributed by atoms with E-state index in [1.165, 1.54) is 18.6 Å². The van der Waals surface area contributed by atoms with Crippen LogP contribution in [0.1, 0.15) is 44.6 Å². The molecule has 112 valence electrons. The zero-order valence-corrected chi connectivity index (χ0v) is 11.6. The number of benzene rings is 1. The van der Waals surface area contributed by atoms with Crippen molar-refractivity contribution in [3.8, 4) is 5.75 Å². The Kier molecular flexibility index (Phi) is 4.58. The van der Waals surface area contributed by atoms with Crippen LogP contribution in [0.25, 0.3) is 0 Å². The van der Waals surface area contributed by atoms with Crippen molar-refractivity contribution in [2.45, 2.75) is 50.9 Å². The molecule has 0 unspecified atom stereocenters. The molecule has 1 N–H and O–H groups in total. The quantitative estimate of drug-likeness (QED) is 0.888. The van der Waals surface area contributed by atoms with Crippen LogP contribution < -0.4 is 10.1 Å². The predicted molar refractivity (Wildman–Crippen MR) is 71.6 cm³/mol. The fourth-order valence-electron chi connectivity index (χ4n) is 3.04. The number of hydrogen-bond donors (Lipinski definition) is 1. The van der Waals surface area contributed by atoms with Crippen LogP contribution in [-0.2, 0) is 5.54 Å². The summed E-state index contributed by atoms with van der Waals surface area (Å²) in [6.07, 6.45) is 0.941. The summed E-state index contributed by atoms with van der Waals surface area (Å²) < 4.78 is 40.4. The lowest BCUT2D eigenvalue weighted by molar-refractivity contribution is -0.274. The molecule has 2 nitrogen and oxygen atoms in total. The normalized spacial score (nSPS) is 18.8. The van der Waals surface area contributed by atoms with Gasteiger partial charge in [0.05, 0.1) is 0 Å². The third kappa shape index (κ3) is 3.66. The van der Waals surface area contributed by atoms with E-state index in [2.05, 4.69) is 17.0 Å². The summed E-state index contributed by atoms with van der Waals surface area (Å²) in [5.41, 5.74) is 0.956. The standard InChI is InChI=1S/C15H20F3NO/c1-2-19-14(10-4-3-5-11-14)12-6-8-13(9-7-12)20-15(16,17)18/h6-9,19H,2-5,10-11H2,1H3. The Morgan fingerprint density at radius 2 is 1.70 bits per heavy atom. The predicted octanol–water partition coefficient (Wildman–Crippen LogP) is 4.35. The van der Waals surface area contributed by atoms with E-state index in [9.17, 15) is 13.2 Å². The second-order valence-electron chi connectivity index (χ2n) is 5.25. The average molecular weight is 287 g/mol. The fourth-order valence-corrected chi connectivity index (χ4v) is 3.04. The van der Waals surface area contributed by atoms with Crippen molar-refractivity contribution in [1.82, 2.24) is 5.32 Å². The average Bonchev–Trinajstić information content (AvgIpc) is 2.39. The molecule has 0 radical (unpaired) electrons. The Morgan fingerprint density at radius 3 is 2.20 bits per heavy atom. The number of alkyl halides is 3. The van der Waals surface area contributed by atoms with Gasteiger partial charge >= 0.3 is 6.36 Å². The summed E-state index contributed by atoms with van der Waals surface area (Å²) in [6, 6.07) is 6.29. The van der Waals surface area contributed by atoms with Crippen LogP contribution in [0.2, 0.25) is 0 Å². The molecule has 0 saturated heterocycles. The lowest BCUT2D eigenvalue weighted by Crippen LogP contribution is -2.43. The minimum atomic E-state index is -4.63. The smallest absolute Gasteiger partial charge is 0.406 e. The van der Waals surface area contributed by atoms with Gasteiger partial charge in [-0.15, -0.1) is 13.2 Å². The van der Waals surface area contributed by atoms with Gasteiger partial charge in [-0.3, -0.25) is 0 Å². The minimum Gasteiger partial charge on any atom is -0.406 e. The maximum Gasteiger partial charge on any atom is 0.573 e. The van der Waals surface area contributed by atoms with Gasteiger partial charge in [0, 0.05) is 5.54 Å². The van der Waals surface area contributed by atoms with Crippen LogP contribution in [0.3, 0.4) is 0 Å². The van der Waals surface area contributed by atoms with Crippen molar-refractivity contribution in [2.24, 2.45) is 0 Å². The van der Waals surface area contributed by atoms with Gasteiger partial charge in [-0.25, -0.2) is 0 Å². The van der Waals surface area contributed by atoms with Gasteiger partial charge in [-0.1, -0.05) is 38.3 Å². The molecule has 1 aliphatic carbocycles. The highest BCUT2D eigenvalue weighted by Crippen LogP contribution is 2.38. The molecule has 2 rings (SSSR count). The van der Waals surface area contributed by atoms with Crippen LogP contribution >= 0.6 is 0 Å². The zero-order chi connectivity index (χ0) is 14.6. The Hall–Kier alpha value is -1.23. The summed E-state index contributed by atoms with van der Waals surface area (Å²) in [5, 5.41) is 3.52. The zero-order valence-electron chi connectivity index (χ0n) is 11.6. The van der Waals surface area contributed by atoms with Gasteiger partial charge in [-0.05, 0) is 37.1 Å². The molecule has 0 atom stereocenters. The number of nitrogens with one attached hydrogen (secondary N) is 1. The Morgan fingerprint density at radius 1 is 1.10 bits per heavy atom. The summed E-state index contributed by atoms with van der Waals surface area (Å²) >= 11 is 0. The largest absolute Gasteiger partial charge is 0.573 e. The van der Waals surface area contributed by atoms with Crippen molar-refractivity contribution in [3.05, 3.63) is 29.8 Å². The molecule has 5 heteroatoms. The summed E-state index contributed by atoms with van der Waals surface area (Å²) in [4.78, 5) is 0. The molecule has 1 aliphatic rings. The molecule has 1 aromatic carbocycles. The van der Waals surface area contributed by atoms with E-state index in [1.54, 1.807) is 12.1 Å². The Bertz CT molecular complexity index is 416. The van der Waals surface area contributed by atoms with E-state index in [0.29, 0.717) is 0 Å². The fraction of sp³-hybridized carbons (Fsp3) is 0.600. The molecule has 1 fully saturated rings. The van der Waals surface area contributed by atoms with E-state index in [-0.39, 0.29) is 11.3 Å². The van der Waals surface area contributed by atoms with Crippen LogP contribution in [0.5, 0.6) is 5.75 Å². The molecule has 0 aromatic heterocycles. The van der Waals surface area contributed by atoms with Crippen LogP contribution in [0.4, 0.5) is 13.2 Å². The molecule has 0 amide bonds. The first-order valence-corrected chi connectivity index (χ1v) is 7.06. The minimum absolute atomic E-state index is 0.0935. The van der Waals surface area contributed by atoms with E-state index >= 15 is 0 Å². The molecular weight excluding hydrogens is 267 g/mol. The molecule has 0 bridgehead atoms. The maximum atomic E-state index is 12.2. The molecule has 0 spiro atoms. The molecule has 0 aliphatic heterocycles. The lowest BCUT2D eigenvalue weighted by atomic mass is 9.76. The second kappa shape index (κ2) is 6.04. The van der Waals surface area contributed by atoms with E-state index in [4.69, 9.17) is 0 Å². The van der Waals surface area contributed by atoms with Gasteiger partial charge in [0.15, 0.2) is 0 Å². The summed E-state index contributed by atoms with van der Waals surface area (Å²) in [5.74, 6) is -0.163. The first-order chi connectivity index (χ1) is 9.45. The SMILES string of the molecule is CCNC1(c2ccc(OC(F)(F)F)cc2)CCCCC1. The Balaban J connectivity index is 2.18. The van der Waals surface area contributed by atoms with Crippen molar-refractivity contribution >= 4 is 0 Å². The monoisotopic (exact) mass is 287 g/mol. The van der Waals surface area contributed by atoms with Gasteiger partial charge < -0.3 is 10.1 Å². The third-order valence-electron chi connectivity index (χ3n) is 3.86. The first-order valence-electron chi connectivity index (χ1n) is 7.06. The Labute approximate surface area is 117 Å². The molecule has 1 saturated carbocycles. The lowest BCUT2D eigenvalue weighted by Gasteiger charge is -2.39. The molecule has 20 heavy (non-hydrogen) atoms. The summed E-state index contributed by atoms with van der Waals surface area (Å²) in [6.45, 7) is 2.90. The van der Waals surface area contributed by atoms with Gasteiger partial charge in [0.1, 0.15) is 5.75 Å².